The number of ether oxygens (including phenoxy) is 1. The van der Waals surface area contributed by atoms with Crippen LogP contribution in [-0.4, -0.2) is 74.8 Å². The van der Waals surface area contributed by atoms with Gasteiger partial charge in [0.15, 0.2) is 0 Å². The number of hydrogen-bond acceptors (Lipinski definition) is 5. The van der Waals surface area contributed by atoms with Crippen molar-refractivity contribution in [1.82, 2.24) is 9.21 Å². The van der Waals surface area contributed by atoms with Gasteiger partial charge in [-0.3, -0.25) is 4.79 Å². The van der Waals surface area contributed by atoms with E-state index < -0.39 is 15.4 Å². The van der Waals surface area contributed by atoms with E-state index in [1.807, 2.05) is 0 Å². The molecule has 0 aliphatic carbocycles. The summed E-state index contributed by atoms with van der Waals surface area (Å²) in [5, 5.41) is 10.1. The lowest BCUT2D eigenvalue weighted by Crippen LogP contribution is -2.52. The Kier molecular flexibility index (Phi) is 5.35. The van der Waals surface area contributed by atoms with Crippen molar-refractivity contribution >= 4 is 31.9 Å². The quantitative estimate of drug-likeness (QED) is 0.749. The van der Waals surface area contributed by atoms with E-state index in [0.29, 0.717) is 41.8 Å². The molecule has 2 aliphatic heterocycles. The number of hydrogen-bond donors (Lipinski definition) is 1. The lowest BCUT2D eigenvalue weighted by molar-refractivity contribution is 0.0128. The molecule has 2 heterocycles. The van der Waals surface area contributed by atoms with Gasteiger partial charge >= 0.3 is 0 Å². The van der Waals surface area contributed by atoms with Crippen molar-refractivity contribution < 1.29 is 23.1 Å². The van der Waals surface area contributed by atoms with Gasteiger partial charge < -0.3 is 14.7 Å². The van der Waals surface area contributed by atoms with Crippen LogP contribution in [0.4, 0.5) is 0 Å². The molecule has 3 rings (SSSR count). The number of likely N-dealkylation sites (tertiary alicyclic amines) is 1. The van der Waals surface area contributed by atoms with Crippen molar-refractivity contribution in [2.24, 2.45) is 11.3 Å². The third-order valence-corrected chi connectivity index (χ3v) is 7.42. The fraction of sp³-hybridized carbons (Fsp3) is 0.588. The number of aliphatic hydroxyl groups excluding tert-OH is 1. The van der Waals surface area contributed by atoms with E-state index in [1.165, 1.54) is 10.6 Å². The number of rotatable bonds is 4. The third kappa shape index (κ3) is 3.49. The molecule has 26 heavy (non-hydrogen) atoms. The van der Waals surface area contributed by atoms with Crippen molar-refractivity contribution in [2.75, 3.05) is 46.2 Å². The van der Waals surface area contributed by atoms with Crippen molar-refractivity contribution in [3.63, 3.8) is 0 Å². The maximum atomic E-state index is 13.0. The molecule has 1 aromatic rings. The minimum Gasteiger partial charge on any atom is -0.497 e. The van der Waals surface area contributed by atoms with Crippen LogP contribution in [0.15, 0.2) is 22.7 Å². The second kappa shape index (κ2) is 7.10. The Hall–Kier alpha value is -1.16. The van der Waals surface area contributed by atoms with E-state index >= 15 is 0 Å². The van der Waals surface area contributed by atoms with Gasteiger partial charge in [-0.1, -0.05) is 0 Å². The summed E-state index contributed by atoms with van der Waals surface area (Å²) in [5.74, 6) is 0.493. The van der Waals surface area contributed by atoms with Crippen LogP contribution in [0.5, 0.6) is 5.75 Å². The molecule has 0 aromatic heterocycles. The van der Waals surface area contributed by atoms with Crippen LogP contribution in [0.2, 0.25) is 0 Å². The summed E-state index contributed by atoms with van der Waals surface area (Å²) in [6.45, 7) is 1.38. The standard InChI is InChI=1S/C17H23BrN2O5S/c1-25-13-3-4-15(18)14(7-13)16(22)19-6-5-12-8-20(26(2,23)24)10-17(12,9-19)11-21/h3-4,7,12,21H,5-6,8-11H2,1-2H3/t12-,17+/m0/s1. The number of fused-ring (bicyclic) bond motifs is 1. The molecular weight excluding hydrogens is 424 g/mol. The SMILES string of the molecule is COc1ccc(Br)c(C(=O)N2CC[C@H]3CN(S(C)(=O)=O)C[C@@]3(CO)C2)c1. The molecule has 9 heteroatoms. The number of sulfonamides is 1. The van der Waals surface area contributed by atoms with Crippen molar-refractivity contribution in [3.8, 4) is 5.75 Å². The van der Waals surface area contributed by atoms with E-state index in [-0.39, 0.29) is 25.0 Å². The zero-order valence-corrected chi connectivity index (χ0v) is 17.2. The van der Waals surface area contributed by atoms with Gasteiger partial charge in [-0.05, 0) is 46.5 Å². The molecule has 1 N–H and O–H groups in total. The first-order chi connectivity index (χ1) is 12.2. The molecule has 0 radical (unpaired) electrons. The number of carbonyl (C=O) groups excluding carboxylic acids is 1. The second-order valence-electron chi connectivity index (χ2n) is 7.13. The third-order valence-electron chi connectivity index (χ3n) is 5.51. The summed E-state index contributed by atoms with van der Waals surface area (Å²) in [4.78, 5) is 14.7. The van der Waals surface area contributed by atoms with Gasteiger partial charge in [0.25, 0.3) is 5.91 Å². The highest BCUT2D eigenvalue weighted by molar-refractivity contribution is 9.10. The monoisotopic (exact) mass is 446 g/mol. The Bertz CT molecular complexity index is 815. The number of nitrogens with zero attached hydrogens (tertiary/aromatic N) is 2. The average Bonchev–Trinajstić information content (AvgIpc) is 3.01. The van der Waals surface area contributed by atoms with Gasteiger partial charge in [-0.15, -0.1) is 0 Å². The lowest BCUT2D eigenvalue weighted by atomic mass is 9.74. The number of aliphatic hydroxyl groups is 1. The summed E-state index contributed by atoms with van der Waals surface area (Å²) in [7, 11) is -1.78. The maximum Gasteiger partial charge on any atom is 0.255 e. The zero-order valence-electron chi connectivity index (χ0n) is 14.8. The van der Waals surface area contributed by atoms with Crippen LogP contribution in [0.25, 0.3) is 0 Å². The molecule has 2 atom stereocenters. The largest absolute Gasteiger partial charge is 0.497 e. The topological polar surface area (TPSA) is 87.2 Å². The van der Waals surface area contributed by atoms with Gasteiger partial charge in [0.1, 0.15) is 5.75 Å². The van der Waals surface area contributed by atoms with E-state index in [0.717, 1.165) is 0 Å². The predicted molar refractivity (Wildman–Crippen MR) is 101 cm³/mol. The Labute approximate surface area is 162 Å². The maximum absolute atomic E-state index is 13.0. The van der Waals surface area contributed by atoms with E-state index in [2.05, 4.69) is 15.9 Å². The first-order valence-electron chi connectivity index (χ1n) is 8.39. The van der Waals surface area contributed by atoms with Gasteiger partial charge in [-0.25, -0.2) is 12.7 Å². The van der Waals surface area contributed by atoms with Gasteiger partial charge in [0.2, 0.25) is 10.0 Å². The first kappa shape index (κ1) is 19.6. The summed E-state index contributed by atoms with van der Waals surface area (Å²) in [5.41, 5.74) is -0.114. The Morgan fingerprint density at radius 3 is 2.77 bits per heavy atom. The molecule has 144 valence electrons. The summed E-state index contributed by atoms with van der Waals surface area (Å²) in [6, 6.07) is 5.21. The molecule has 0 unspecified atom stereocenters. The first-order valence-corrected chi connectivity index (χ1v) is 11.0. The second-order valence-corrected chi connectivity index (χ2v) is 9.97. The molecule has 2 fully saturated rings. The Balaban J connectivity index is 1.85. The molecule has 7 nitrogen and oxygen atoms in total. The summed E-state index contributed by atoms with van der Waals surface area (Å²) in [6.07, 6.45) is 1.85. The van der Waals surface area contributed by atoms with Crippen LogP contribution in [-0.2, 0) is 10.0 Å². The number of halogens is 1. The molecule has 2 saturated heterocycles. The highest BCUT2D eigenvalue weighted by atomic mass is 79.9. The fourth-order valence-electron chi connectivity index (χ4n) is 3.95. The van der Waals surface area contributed by atoms with Crippen LogP contribution in [0.3, 0.4) is 0 Å². The van der Waals surface area contributed by atoms with E-state index in [4.69, 9.17) is 4.74 Å². The van der Waals surface area contributed by atoms with Gasteiger partial charge in [-0.2, -0.15) is 0 Å². The van der Waals surface area contributed by atoms with Crippen LogP contribution >= 0.6 is 15.9 Å². The summed E-state index contributed by atoms with van der Waals surface area (Å²) >= 11 is 3.41. The number of piperidine rings is 1. The Morgan fingerprint density at radius 2 is 2.15 bits per heavy atom. The smallest absolute Gasteiger partial charge is 0.255 e. The van der Waals surface area contributed by atoms with Gasteiger partial charge in [0, 0.05) is 36.1 Å². The number of benzene rings is 1. The van der Waals surface area contributed by atoms with E-state index in [1.54, 1.807) is 30.2 Å². The minimum absolute atomic E-state index is 0.0556. The van der Waals surface area contributed by atoms with E-state index in [9.17, 15) is 18.3 Å². The molecule has 0 bridgehead atoms. The normalized spacial score (nSPS) is 26.6. The number of carbonyl (C=O) groups is 1. The highest BCUT2D eigenvalue weighted by Gasteiger charge is 2.52. The van der Waals surface area contributed by atoms with Crippen molar-refractivity contribution in [1.29, 1.82) is 0 Å². The number of methoxy groups -OCH3 is 1. The molecule has 2 aliphatic rings. The molecule has 1 aromatic carbocycles. The summed E-state index contributed by atoms with van der Waals surface area (Å²) < 4.78 is 31.2. The molecular formula is C17H23BrN2O5S. The number of amides is 1. The lowest BCUT2D eigenvalue weighted by Gasteiger charge is -2.43. The van der Waals surface area contributed by atoms with Gasteiger partial charge in [0.05, 0.1) is 25.5 Å². The zero-order chi connectivity index (χ0) is 19.1. The predicted octanol–water partition coefficient (Wildman–Crippen LogP) is 1.17. The van der Waals surface area contributed by atoms with Crippen molar-refractivity contribution in [2.45, 2.75) is 6.42 Å². The molecule has 0 saturated carbocycles. The molecule has 1 amide bonds. The van der Waals surface area contributed by atoms with Crippen LogP contribution in [0.1, 0.15) is 16.8 Å². The molecule has 0 spiro atoms. The van der Waals surface area contributed by atoms with Crippen molar-refractivity contribution in [3.05, 3.63) is 28.2 Å². The van der Waals surface area contributed by atoms with Crippen LogP contribution < -0.4 is 4.74 Å². The van der Waals surface area contributed by atoms with Crippen LogP contribution in [0, 0.1) is 11.3 Å². The minimum atomic E-state index is -3.32. The fourth-order valence-corrected chi connectivity index (χ4v) is 5.31. The highest BCUT2D eigenvalue weighted by Crippen LogP contribution is 2.43. The average molecular weight is 447 g/mol. The Morgan fingerprint density at radius 1 is 1.42 bits per heavy atom.